The van der Waals surface area contributed by atoms with E-state index in [0.29, 0.717) is 24.5 Å². The van der Waals surface area contributed by atoms with E-state index in [-0.39, 0.29) is 37.6 Å². The van der Waals surface area contributed by atoms with E-state index in [9.17, 15) is 19.1 Å². The SMILES string of the molecule is O=C(CN1Cc2cc(F)ccc2NC1=O)N[C@@H](CO)C1COC1. The van der Waals surface area contributed by atoms with Crippen LogP contribution in [0.2, 0.25) is 0 Å². The van der Waals surface area contributed by atoms with Crippen LogP contribution in [0.3, 0.4) is 0 Å². The number of fused-ring (bicyclic) bond motifs is 1. The summed E-state index contributed by atoms with van der Waals surface area (Å²) in [5.74, 6) is -0.672. The number of rotatable bonds is 5. The molecule has 23 heavy (non-hydrogen) atoms. The average molecular weight is 323 g/mol. The van der Waals surface area contributed by atoms with Crippen LogP contribution in [-0.4, -0.2) is 54.4 Å². The van der Waals surface area contributed by atoms with Crippen LogP contribution in [0, 0.1) is 11.7 Å². The van der Waals surface area contributed by atoms with Crippen LogP contribution in [0.1, 0.15) is 5.56 Å². The van der Waals surface area contributed by atoms with Crippen LogP contribution >= 0.6 is 0 Å². The fourth-order valence-corrected chi connectivity index (χ4v) is 2.64. The van der Waals surface area contributed by atoms with Crippen molar-refractivity contribution in [1.29, 1.82) is 0 Å². The van der Waals surface area contributed by atoms with Crippen molar-refractivity contribution in [3.8, 4) is 0 Å². The van der Waals surface area contributed by atoms with Crippen LogP contribution < -0.4 is 10.6 Å². The molecule has 0 aliphatic carbocycles. The summed E-state index contributed by atoms with van der Waals surface area (Å²) in [6, 6.07) is 3.31. The average Bonchev–Trinajstić information content (AvgIpc) is 2.46. The zero-order chi connectivity index (χ0) is 16.4. The number of nitrogens with zero attached hydrogens (tertiary/aromatic N) is 1. The van der Waals surface area contributed by atoms with Crippen LogP contribution in [0.25, 0.3) is 0 Å². The Bertz CT molecular complexity index is 621. The van der Waals surface area contributed by atoms with E-state index in [1.165, 1.54) is 23.1 Å². The third kappa shape index (κ3) is 3.43. The van der Waals surface area contributed by atoms with Crippen molar-refractivity contribution < 1.29 is 23.8 Å². The lowest BCUT2D eigenvalue weighted by Crippen LogP contribution is -2.53. The van der Waals surface area contributed by atoms with Gasteiger partial charge in [0.25, 0.3) is 0 Å². The molecule has 3 amide bonds. The molecule has 3 rings (SSSR count). The van der Waals surface area contributed by atoms with Crippen molar-refractivity contribution in [1.82, 2.24) is 10.2 Å². The van der Waals surface area contributed by atoms with Crippen LogP contribution in [0.5, 0.6) is 0 Å². The highest BCUT2D eigenvalue weighted by molar-refractivity contribution is 5.94. The molecule has 0 spiro atoms. The number of amides is 3. The molecule has 1 atom stereocenters. The van der Waals surface area contributed by atoms with Crippen molar-refractivity contribution in [2.45, 2.75) is 12.6 Å². The van der Waals surface area contributed by atoms with Crippen LogP contribution in [0.4, 0.5) is 14.9 Å². The predicted molar refractivity (Wildman–Crippen MR) is 79.2 cm³/mol. The Hall–Kier alpha value is -2.19. The van der Waals surface area contributed by atoms with Crippen molar-refractivity contribution in [3.63, 3.8) is 0 Å². The van der Waals surface area contributed by atoms with Crippen molar-refractivity contribution in [3.05, 3.63) is 29.6 Å². The third-order valence-corrected chi connectivity index (χ3v) is 4.07. The van der Waals surface area contributed by atoms with Gasteiger partial charge in [0.2, 0.25) is 5.91 Å². The molecule has 7 nitrogen and oxygen atoms in total. The molecule has 8 heteroatoms. The van der Waals surface area contributed by atoms with Gasteiger partial charge in [-0.3, -0.25) is 4.79 Å². The first-order chi connectivity index (χ1) is 11.1. The van der Waals surface area contributed by atoms with Crippen LogP contribution in [-0.2, 0) is 16.1 Å². The Morgan fingerprint density at radius 3 is 2.96 bits per heavy atom. The lowest BCUT2D eigenvalue weighted by Gasteiger charge is -2.34. The third-order valence-electron chi connectivity index (χ3n) is 4.07. The summed E-state index contributed by atoms with van der Waals surface area (Å²) in [6.07, 6.45) is 0. The van der Waals surface area contributed by atoms with E-state index in [2.05, 4.69) is 10.6 Å². The summed E-state index contributed by atoms with van der Waals surface area (Å²) in [5, 5.41) is 14.7. The fourth-order valence-electron chi connectivity index (χ4n) is 2.64. The first kappa shape index (κ1) is 15.7. The molecule has 2 heterocycles. The van der Waals surface area contributed by atoms with E-state index in [4.69, 9.17) is 4.74 Å². The smallest absolute Gasteiger partial charge is 0.322 e. The van der Waals surface area contributed by atoms with Gasteiger partial charge in [-0.2, -0.15) is 0 Å². The molecule has 1 fully saturated rings. The second kappa shape index (κ2) is 6.51. The van der Waals surface area contributed by atoms with Crippen molar-refractivity contribution in [2.75, 3.05) is 31.7 Å². The van der Waals surface area contributed by atoms with E-state index in [1.54, 1.807) is 0 Å². The van der Waals surface area contributed by atoms with Crippen molar-refractivity contribution >= 4 is 17.6 Å². The number of carbonyl (C=O) groups excluding carboxylic acids is 2. The molecular formula is C15H18FN3O4. The molecule has 3 N–H and O–H groups in total. The lowest BCUT2D eigenvalue weighted by molar-refractivity contribution is -0.125. The molecule has 0 saturated carbocycles. The number of hydrogen-bond donors (Lipinski definition) is 3. The minimum Gasteiger partial charge on any atom is -0.394 e. The van der Waals surface area contributed by atoms with Gasteiger partial charge < -0.3 is 25.4 Å². The number of halogens is 1. The number of aliphatic hydroxyl groups excluding tert-OH is 1. The molecule has 1 aromatic carbocycles. The first-order valence-corrected chi connectivity index (χ1v) is 7.39. The molecule has 1 saturated heterocycles. The Morgan fingerprint density at radius 2 is 2.30 bits per heavy atom. The molecule has 2 aliphatic rings. The molecule has 0 bridgehead atoms. The minimum absolute atomic E-state index is 0.0916. The lowest BCUT2D eigenvalue weighted by atomic mass is 9.99. The largest absolute Gasteiger partial charge is 0.394 e. The number of carbonyl (C=O) groups is 2. The van der Waals surface area contributed by atoms with Gasteiger partial charge in [-0.05, 0) is 23.8 Å². The molecular weight excluding hydrogens is 305 g/mol. The fraction of sp³-hybridized carbons (Fsp3) is 0.467. The highest BCUT2D eigenvalue weighted by Gasteiger charge is 2.30. The number of aliphatic hydroxyl groups is 1. The standard InChI is InChI=1S/C15H18FN3O4/c16-11-1-2-12-9(3-11)4-19(15(22)18-12)5-14(21)17-13(6-20)10-7-23-8-10/h1-3,10,13,20H,4-8H2,(H,17,21)(H,18,22)/t13-/m0/s1. The molecule has 1 aromatic rings. The summed E-state index contributed by atoms with van der Waals surface area (Å²) < 4.78 is 18.3. The zero-order valence-electron chi connectivity index (χ0n) is 12.4. The minimum atomic E-state index is -0.410. The van der Waals surface area contributed by atoms with E-state index < -0.39 is 11.8 Å². The maximum atomic E-state index is 13.3. The maximum absolute atomic E-state index is 13.3. The quantitative estimate of drug-likeness (QED) is 0.727. The van der Waals surface area contributed by atoms with Gasteiger partial charge in [0.1, 0.15) is 12.4 Å². The highest BCUT2D eigenvalue weighted by Crippen LogP contribution is 2.23. The Labute approximate surface area is 132 Å². The molecule has 0 aromatic heterocycles. The maximum Gasteiger partial charge on any atom is 0.322 e. The Morgan fingerprint density at radius 1 is 1.52 bits per heavy atom. The molecule has 0 unspecified atom stereocenters. The number of benzene rings is 1. The summed E-state index contributed by atoms with van der Waals surface area (Å²) in [4.78, 5) is 25.4. The van der Waals surface area contributed by atoms with Gasteiger partial charge in [-0.15, -0.1) is 0 Å². The van der Waals surface area contributed by atoms with Crippen molar-refractivity contribution in [2.24, 2.45) is 5.92 Å². The normalized spacial score (nSPS) is 18.7. The van der Waals surface area contributed by atoms with Gasteiger partial charge in [-0.1, -0.05) is 0 Å². The molecule has 0 radical (unpaired) electrons. The number of hydrogen-bond acceptors (Lipinski definition) is 4. The van der Waals surface area contributed by atoms with Gasteiger partial charge >= 0.3 is 6.03 Å². The summed E-state index contributed by atoms with van der Waals surface area (Å²) >= 11 is 0. The van der Waals surface area contributed by atoms with E-state index >= 15 is 0 Å². The zero-order valence-corrected chi connectivity index (χ0v) is 12.4. The monoisotopic (exact) mass is 323 g/mol. The predicted octanol–water partition coefficient (Wildman–Crippen LogP) is 0.297. The van der Waals surface area contributed by atoms with E-state index in [1.807, 2.05) is 0 Å². The molecule has 2 aliphatic heterocycles. The summed E-state index contributed by atoms with van der Waals surface area (Å²) in [5.41, 5.74) is 1.16. The summed E-state index contributed by atoms with van der Waals surface area (Å²) in [7, 11) is 0. The second-order valence-electron chi connectivity index (χ2n) is 5.74. The number of nitrogens with one attached hydrogen (secondary N) is 2. The second-order valence-corrected chi connectivity index (χ2v) is 5.74. The van der Waals surface area contributed by atoms with Gasteiger partial charge in [-0.25, -0.2) is 9.18 Å². The Balaban J connectivity index is 1.61. The van der Waals surface area contributed by atoms with Gasteiger partial charge in [0.15, 0.2) is 0 Å². The summed E-state index contributed by atoms with van der Waals surface area (Å²) in [6.45, 7) is 0.819. The number of urea groups is 1. The Kier molecular flexibility index (Phi) is 4.44. The van der Waals surface area contributed by atoms with E-state index in [0.717, 1.165) is 0 Å². The molecule has 124 valence electrons. The van der Waals surface area contributed by atoms with Crippen LogP contribution in [0.15, 0.2) is 18.2 Å². The first-order valence-electron chi connectivity index (χ1n) is 7.39. The number of anilines is 1. The van der Waals surface area contributed by atoms with Gasteiger partial charge in [0.05, 0.1) is 32.4 Å². The van der Waals surface area contributed by atoms with Gasteiger partial charge in [0, 0.05) is 11.6 Å². The highest BCUT2D eigenvalue weighted by atomic mass is 19.1. The number of ether oxygens (including phenoxy) is 1. The topological polar surface area (TPSA) is 90.9 Å².